The summed E-state index contributed by atoms with van der Waals surface area (Å²) in [5, 5.41) is 6.46. The van der Waals surface area contributed by atoms with Crippen molar-refractivity contribution in [2.75, 3.05) is 20.8 Å². The molecule has 1 aromatic carbocycles. The van der Waals surface area contributed by atoms with Crippen LogP contribution in [0.4, 0.5) is 0 Å². The summed E-state index contributed by atoms with van der Waals surface area (Å²) in [6.07, 6.45) is 0.628. The Morgan fingerprint density at radius 1 is 1.29 bits per heavy atom. The number of amides is 1. The van der Waals surface area contributed by atoms with Crippen molar-refractivity contribution >= 4 is 5.91 Å². The first kappa shape index (κ1) is 14.9. The summed E-state index contributed by atoms with van der Waals surface area (Å²) in [6.45, 7) is 2.21. The molecule has 0 saturated heterocycles. The lowest BCUT2D eigenvalue weighted by Gasteiger charge is -2.10. The molecule has 0 spiro atoms. The first-order valence-electron chi connectivity index (χ1n) is 6.56. The van der Waals surface area contributed by atoms with Crippen molar-refractivity contribution in [3.05, 3.63) is 41.3 Å². The van der Waals surface area contributed by atoms with E-state index in [-0.39, 0.29) is 11.6 Å². The minimum atomic E-state index is -0.256. The average Bonchev–Trinajstić information content (AvgIpc) is 2.93. The summed E-state index contributed by atoms with van der Waals surface area (Å²) in [5.74, 6) is 1.87. The molecule has 1 aromatic heterocycles. The van der Waals surface area contributed by atoms with Crippen molar-refractivity contribution in [1.29, 1.82) is 0 Å². The van der Waals surface area contributed by atoms with Crippen LogP contribution in [0.1, 0.15) is 21.8 Å². The van der Waals surface area contributed by atoms with Crippen LogP contribution < -0.4 is 14.8 Å². The fourth-order valence-corrected chi connectivity index (χ4v) is 1.95. The van der Waals surface area contributed by atoms with Crippen molar-refractivity contribution in [3.63, 3.8) is 0 Å². The van der Waals surface area contributed by atoms with Gasteiger partial charge in [0.15, 0.2) is 5.69 Å². The van der Waals surface area contributed by atoms with Gasteiger partial charge in [0.1, 0.15) is 17.3 Å². The van der Waals surface area contributed by atoms with Gasteiger partial charge < -0.3 is 19.3 Å². The van der Waals surface area contributed by atoms with E-state index < -0.39 is 0 Å². The maximum absolute atomic E-state index is 11.8. The van der Waals surface area contributed by atoms with Gasteiger partial charge in [-0.25, -0.2) is 0 Å². The fraction of sp³-hybridized carbons (Fsp3) is 0.333. The van der Waals surface area contributed by atoms with Crippen molar-refractivity contribution in [3.8, 4) is 11.5 Å². The number of benzene rings is 1. The fourth-order valence-electron chi connectivity index (χ4n) is 1.95. The second kappa shape index (κ2) is 6.78. The second-order valence-corrected chi connectivity index (χ2v) is 4.51. The third-order valence-electron chi connectivity index (χ3n) is 3.03. The summed E-state index contributed by atoms with van der Waals surface area (Å²) in [6, 6.07) is 7.17. The van der Waals surface area contributed by atoms with Gasteiger partial charge >= 0.3 is 0 Å². The molecular weight excluding hydrogens is 272 g/mol. The first-order valence-corrected chi connectivity index (χ1v) is 6.56. The summed E-state index contributed by atoms with van der Waals surface area (Å²) < 4.78 is 15.4. The molecule has 0 saturated carbocycles. The molecule has 0 aliphatic carbocycles. The van der Waals surface area contributed by atoms with Crippen LogP contribution in [0.3, 0.4) is 0 Å². The quantitative estimate of drug-likeness (QED) is 0.880. The molecule has 0 radical (unpaired) electrons. The third kappa shape index (κ3) is 3.75. The molecule has 1 amide bonds. The van der Waals surface area contributed by atoms with Crippen LogP contribution in [0.2, 0.25) is 0 Å². The normalized spacial score (nSPS) is 10.2. The van der Waals surface area contributed by atoms with Gasteiger partial charge in [-0.2, -0.15) is 0 Å². The van der Waals surface area contributed by atoms with E-state index >= 15 is 0 Å². The predicted molar refractivity (Wildman–Crippen MR) is 76.8 cm³/mol. The lowest BCUT2D eigenvalue weighted by Crippen LogP contribution is -2.26. The molecular formula is C15H18N2O4. The molecule has 1 heterocycles. The van der Waals surface area contributed by atoms with Gasteiger partial charge in [0, 0.05) is 12.6 Å². The lowest BCUT2D eigenvalue weighted by atomic mass is 10.1. The third-order valence-corrected chi connectivity index (χ3v) is 3.03. The predicted octanol–water partition coefficient (Wildman–Crippen LogP) is 1.97. The first-order chi connectivity index (χ1) is 10.1. The molecule has 6 nitrogen and oxygen atoms in total. The van der Waals surface area contributed by atoms with Crippen LogP contribution in [-0.4, -0.2) is 31.8 Å². The Morgan fingerprint density at radius 2 is 2.10 bits per heavy atom. The molecule has 0 fully saturated rings. The highest BCUT2D eigenvalue weighted by atomic mass is 16.5. The number of ether oxygens (including phenoxy) is 2. The maximum atomic E-state index is 11.8. The molecule has 0 aliphatic heterocycles. The molecule has 0 unspecified atom stereocenters. The van der Waals surface area contributed by atoms with Gasteiger partial charge in [-0.1, -0.05) is 5.16 Å². The summed E-state index contributed by atoms with van der Waals surface area (Å²) in [4.78, 5) is 11.8. The Kier molecular flexibility index (Phi) is 4.81. The average molecular weight is 290 g/mol. The Balaban J connectivity index is 1.95. The zero-order valence-corrected chi connectivity index (χ0v) is 12.3. The van der Waals surface area contributed by atoms with Gasteiger partial charge in [-0.15, -0.1) is 0 Å². The SMILES string of the molecule is COc1ccc(OC)c(CCNC(=O)c2cc(C)on2)c1. The zero-order chi connectivity index (χ0) is 15.2. The number of nitrogens with zero attached hydrogens (tertiary/aromatic N) is 1. The van der Waals surface area contributed by atoms with Crippen LogP contribution in [-0.2, 0) is 6.42 Å². The number of aryl methyl sites for hydroxylation is 1. The minimum absolute atomic E-state index is 0.256. The van der Waals surface area contributed by atoms with Crippen LogP contribution in [0.25, 0.3) is 0 Å². The molecule has 0 bridgehead atoms. The number of hydrogen-bond donors (Lipinski definition) is 1. The van der Waals surface area contributed by atoms with Crippen LogP contribution in [0.5, 0.6) is 11.5 Å². The largest absolute Gasteiger partial charge is 0.497 e. The van der Waals surface area contributed by atoms with E-state index in [1.165, 1.54) is 0 Å². The Labute approximate surface area is 123 Å². The maximum Gasteiger partial charge on any atom is 0.273 e. The minimum Gasteiger partial charge on any atom is -0.497 e. The molecule has 0 atom stereocenters. The molecule has 1 N–H and O–H groups in total. The van der Waals surface area contributed by atoms with Crippen LogP contribution in [0.15, 0.2) is 28.8 Å². The number of carbonyl (C=O) groups is 1. The number of methoxy groups -OCH3 is 2. The van der Waals surface area contributed by atoms with Gasteiger partial charge in [0.2, 0.25) is 0 Å². The van der Waals surface area contributed by atoms with E-state index in [0.717, 1.165) is 17.1 Å². The van der Waals surface area contributed by atoms with E-state index in [1.807, 2.05) is 18.2 Å². The van der Waals surface area contributed by atoms with Gasteiger partial charge in [-0.3, -0.25) is 4.79 Å². The monoisotopic (exact) mass is 290 g/mol. The van der Waals surface area contributed by atoms with Gasteiger partial charge in [0.05, 0.1) is 14.2 Å². The topological polar surface area (TPSA) is 73.6 Å². The van der Waals surface area contributed by atoms with E-state index in [0.29, 0.717) is 18.7 Å². The highest BCUT2D eigenvalue weighted by molar-refractivity contribution is 5.92. The van der Waals surface area contributed by atoms with E-state index in [4.69, 9.17) is 14.0 Å². The van der Waals surface area contributed by atoms with Crippen LogP contribution >= 0.6 is 0 Å². The standard InChI is InChI=1S/C15H18N2O4/c1-10-8-13(17-21-10)15(18)16-7-6-11-9-12(19-2)4-5-14(11)20-3/h4-5,8-9H,6-7H2,1-3H3,(H,16,18). The van der Waals surface area contributed by atoms with E-state index in [1.54, 1.807) is 27.2 Å². The Hall–Kier alpha value is -2.50. The Morgan fingerprint density at radius 3 is 2.71 bits per heavy atom. The van der Waals surface area contributed by atoms with Crippen molar-refractivity contribution in [2.24, 2.45) is 0 Å². The highest BCUT2D eigenvalue weighted by Crippen LogP contribution is 2.24. The molecule has 112 valence electrons. The summed E-state index contributed by atoms with van der Waals surface area (Å²) >= 11 is 0. The van der Waals surface area contributed by atoms with Crippen molar-refractivity contribution < 1.29 is 18.8 Å². The summed E-state index contributed by atoms with van der Waals surface area (Å²) in [7, 11) is 3.22. The van der Waals surface area contributed by atoms with Gasteiger partial charge in [0.25, 0.3) is 5.91 Å². The molecule has 21 heavy (non-hydrogen) atoms. The smallest absolute Gasteiger partial charge is 0.273 e. The number of aromatic nitrogens is 1. The second-order valence-electron chi connectivity index (χ2n) is 4.51. The number of nitrogens with one attached hydrogen (secondary N) is 1. The number of carbonyl (C=O) groups excluding carboxylic acids is 1. The van der Waals surface area contributed by atoms with Crippen molar-refractivity contribution in [1.82, 2.24) is 10.5 Å². The number of rotatable bonds is 6. The molecule has 6 heteroatoms. The van der Waals surface area contributed by atoms with Crippen LogP contribution in [0, 0.1) is 6.92 Å². The van der Waals surface area contributed by atoms with E-state index in [9.17, 15) is 4.79 Å². The Bertz CT molecular complexity index is 622. The highest BCUT2D eigenvalue weighted by Gasteiger charge is 2.11. The molecule has 2 aromatic rings. The number of hydrogen-bond acceptors (Lipinski definition) is 5. The summed E-state index contributed by atoms with van der Waals surface area (Å²) in [5.41, 5.74) is 1.25. The molecule has 0 aliphatic rings. The van der Waals surface area contributed by atoms with Crippen molar-refractivity contribution in [2.45, 2.75) is 13.3 Å². The lowest BCUT2D eigenvalue weighted by molar-refractivity contribution is 0.0945. The van der Waals surface area contributed by atoms with Gasteiger partial charge in [-0.05, 0) is 37.1 Å². The zero-order valence-electron chi connectivity index (χ0n) is 12.3. The molecule has 2 rings (SSSR count). The van der Waals surface area contributed by atoms with E-state index in [2.05, 4.69) is 10.5 Å².